The number of rotatable bonds is 6. The highest BCUT2D eigenvalue weighted by Crippen LogP contribution is 2.41. The summed E-state index contributed by atoms with van der Waals surface area (Å²) >= 11 is 0. The summed E-state index contributed by atoms with van der Waals surface area (Å²) in [7, 11) is 3.41. The summed E-state index contributed by atoms with van der Waals surface area (Å²) in [6, 6.07) is 10.8. The van der Waals surface area contributed by atoms with Crippen LogP contribution >= 0.6 is 0 Å². The Labute approximate surface area is 197 Å². The smallest absolute Gasteiger partial charge is 0.308 e. The molecule has 0 aliphatic carbocycles. The molecule has 0 aromatic heterocycles. The summed E-state index contributed by atoms with van der Waals surface area (Å²) in [5, 5.41) is 11.3. The SMILES string of the molecule is COCCN1C(=O)C(=O)/C(=C(\O)c2ccc3c(c2)N(C)CCO3)C1c1cccc(OC(C)=O)c1. The Morgan fingerprint density at radius 1 is 1.21 bits per heavy atom. The highest BCUT2D eigenvalue weighted by molar-refractivity contribution is 6.46. The number of Topliss-reactive ketones (excluding diaryl/α,β-unsaturated/α-hetero) is 1. The van der Waals surface area contributed by atoms with E-state index in [0.29, 0.717) is 30.0 Å². The minimum Gasteiger partial charge on any atom is -0.507 e. The van der Waals surface area contributed by atoms with Crippen molar-refractivity contribution in [3.8, 4) is 11.5 Å². The second-order valence-electron chi connectivity index (χ2n) is 8.10. The van der Waals surface area contributed by atoms with Crippen molar-refractivity contribution in [2.75, 3.05) is 45.4 Å². The molecule has 2 aromatic rings. The Morgan fingerprint density at radius 2 is 2.00 bits per heavy atom. The van der Waals surface area contributed by atoms with E-state index in [1.54, 1.807) is 42.5 Å². The number of hydrogen-bond donors (Lipinski definition) is 1. The van der Waals surface area contributed by atoms with Gasteiger partial charge >= 0.3 is 5.97 Å². The largest absolute Gasteiger partial charge is 0.507 e. The van der Waals surface area contributed by atoms with Crippen LogP contribution in [0.1, 0.15) is 24.1 Å². The highest BCUT2D eigenvalue weighted by atomic mass is 16.5. The molecule has 0 saturated carbocycles. The number of aliphatic hydroxyl groups is 1. The van der Waals surface area contributed by atoms with Crippen molar-refractivity contribution < 1.29 is 33.7 Å². The topological polar surface area (TPSA) is 106 Å². The minimum absolute atomic E-state index is 0.0413. The zero-order valence-electron chi connectivity index (χ0n) is 19.2. The molecule has 2 aliphatic rings. The lowest BCUT2D eigenvalue weighted by atomic mass is 9.95. The number of esters is 1. The number of fused-ring (bicyclic) bond motifs is 1. The van der Waals surface area contributed by atoms with Crippen LogP contribution in [-0.2, 0) is 19.1 Å². The fourth-order valence-electron chi connectivity index (χ4n) is 4.21. The van der Waals surface area contributed by atoms with Gasteiger partial charge in [0.05, 0.1) is 30.5 Å². The summed E-state index contributed by atoms with van der Waals surface area (Å²) in [5.74, 6) is -1.36. The zero-order chi connectivity index (χ0) is 24.4. The summed E-state index contributed by atoms with van der Waals surface area (Å²) in [6.45, 7) is 2.86. The number of likely N-dealkylation sites (tertiary alicyclic amines) is 1. The maximum atomic E-state index is 13.1. The van der Waals surface area contributed by atoms with Gasteiger partial charge < -0.3 is 29.1 Å². The fraction of sp³-hybridized carbons (Fsp3) is 0.320. The van der Waals surface area contributed by atoms with E-state index in [1.165, 1.54) is 18.9 Å². The molecule has 2 aliphatic heterocycles. The summed E-state index contributed by atoms with van der Waals surface area (Å²) in [5.41, 5.74) is 1.65. The number of methoxy groups -OCH3 is 1. The van der Waals surface area contributed by atoms with Gasteiger partial charge in [0, 0.05) is 33.2 Å². The monoisotopic (exact) mass is 466 g/mol. The Kier molecular flexibility index (Phi) is 6.56. The van der Waals surface area contributed by atoms with E-state index in [0.717, 1.165) is 5.69 Å². The highest BCUT2D eigenvalue weighted by Gasteiger charge is 2.46. The molecule has 0 bridgehead atoms. The van der Waals surface area contributed by atoms with Crippen LogP contribution in [0, 0.1) is 0 Å². The molecular weight excluding hydrogens is 440 g/mol. The average Bonchev–Trinajstić information content (AvgIpc) is 3.07. The van der Waals surface area contributed by atoms with E-state index in [9.17, 15) is 19.5 Å². The lowest BCUT2D eigenvalue weighted by Crippen LogP contribution is -2.32. The molecule has 1 saturated heterocycles. The van der Waals surface area contributed by atoms with Crippen molar-refractivity contribution in [1.29, 1.82) is 0 Å². The molecule has 9 nitrogen and oxygen atoms in total. The number of aliphatic hydroxyl groups excluding tert-OH is 1. The number of ether oxygens (including phenoxy) is 3. The van der Waals surface area contributed by atoms with Gasteiger partial charge in [-0.2, -0.15) is 0 Å². The first kappa shape index (κ1) is 23.3. The third-order valence-corrected chi connectivity index (χ3v) is 5.84. The van der Waals surface area contributed by atoms with Crippen molar-refractivity contribution in [3.05, 3.63) is 59.2 Å². The normalized spacial score (nSPS) is 19.1. The predicted molar refractivity (Wildman–Crippen MR) is 124 cm³/mol. The van der Waals surface area contributed by atoms with Crippen LogP contribution in [0.15, 0.2) is 48.0 Å². The predicted octanol–water partition coefficient (Wildman–Crippen LogP) is 2.51. The molecule has 0 radical (unpaired) electrons. The molecule has 4 rings (SSSR count). The molecule has 1 unspecified atom stereocenters. The van der Waals surface area contributed by atoms with E-state index in [1.807, 2.05) is 11.9 Å². The van der Waals surface area contributed by atoms with Crippen LogP contribution in [0.3, 0.4) is 0 Å². The number of carbonyl (C=O) groups excluding carboxylic acids is 3. The molecule has 0 spiro atoms. The minimum atomic E-state index is -0.879. The van der Waals surface area contributed by atoms with Crippen molar-refractivity contribution >= 4 is 29.1 Å². The maximum Gasteiger partial charge on any atom is 0.308 e. The Morgan fingerprint density at radius 3 is 2.74 bits per heavy atom. The average molecular weight is 466 g/mol. The van der Waals surface area contributed by atoms with Gasteiger partial charge in [-0.1, -0.05) is 12.1 Å². The number of nitrogens with zero attached hydrogens (tertiary/aromatic N) is 2. The molecule has 1 amide bonds. The number of benzene rings is 2. The Hall–Kier alpha value is -3.85. The molecule has 1 fully saturated rings. The molecule has 1 N–H and O–H groups in total. The number of likely N-dealkylation sites (N-methyl/N-ethyl adjacent to an activating group) is 1. The summed E-state index contributed by atoms with van der Waals surface area (Å²) in [4.78, 5) is 40.9. The first-order chi connectivity index (χ1) is 16.3. The van der Waals surface area contributed by atoms with Crippen LogP contribution < -0.4 is 14.4 Å². The van der Waals surface area contributed by atoms with Crippen molar-refractivity contribution in [3.63, 3.8) is 0 Å². The third-order valence-electron chi connectivity index (χ3n) is 5.84. The summed E-state index contributed by atoms with van der Waals surface area (Å²) in [6.07, 6.45) is 0. The molecule has 2 aromatic carbocycles. The quantitative estimate of drug-likeness (QED) is 0.228. The van der Waals surface area contributed by atoms with Gasteiger partial charge in [-0.25, -0.2) is 0 Å². The number of amides is 1. The van der Waals surface area contributed by atoms with Crippen molar-refractivity contribution in [2.45, 2.75) is 13.0 Å². The maximum absolute atomic E-state index is 13.1. The van der Waals surface area contributed by atoms with E-state index in [4.69, 9.17) is 14.2 Å². The zero-order valence-corrected chi connectivity index (χ0v) is 19.2. The second kappa shape index (κ2) is 9.56. The van der Waals surface area contributed by atoms with Gasteiger partial charge in [-0.15, -0.1) is 0 Å². The van der Waals surface area contributed by atoms with Gasteiger partial charge in [-0.3, -0.25) is 14.4 Å². The fourth-order valence-corrected chi connectivity index (χ4v) is 4.21. The molecule has 1 atom stereocenters. The van der Waals surface area contributed by atoms with E-state index in [-0.39, 0.29) is 30.2 Å². The number of ketones is 1. The van der Waals surface area contributed by atoms with Crippen LogP contribution in [0.4, 0.5) is 5.69 Å². The second-order valence-corrected chi connectivity index (χ2v) is 8.10. The van der Waals surface area contributed by atoms with Crippen LogP contribution in [-0.4, -0.2) is 68.1 Å². The van der Waals surface area contributed by atoms with Gasteiger partial charge in [0.1, 0.15) is 23.9 Å². The van der Waals surface area contributed by atoms with Crippen molar-refractivity contribution in [2.24, 2.45) is 0 Å². The number of hydrogen-bond acceptors (Lipinski definition) is 8. The van der Waals surface area contributed by atoms with Crippen LogP contribution in [0.25, 0.3) is 5.76 Å². The first-order valence-corrected chi connectivity index (χ1v) is 10.9. The van der Waals surface area contributed by atoms with Gasteiger partial charge in [0.15, 0.2) is 0 Å². The summed E-state index contributed by atoms with van der Waals surface area (Å²) < 4.78 is 16.0. The third kappa shape index (κ3) is 4.34. The van der Waals surface area contributed by atoms with Gasteiger partial charge in [0.25, 0.3) is 11.7 Å². The van der Waals surface area contributed by atoms with Gasteiger partial charge in [-0.05, 0) is 35.9 Å². The standard InChI is InChI=1S/C25H26N2O7/c1-15(28)34-18-6-4-5-16(13-18)22-21(24(30)25(31)27(22)10-11-32-3)23(29)17-7-8-20-19(14-17)26(2)9-12-33-20/h4-8,13-14,22,29H,9-12H2,1-3H3/b23-21-. The van der Waals surface area contributed by atoms with Crippen molar-refractivity contribution in [1.82, 2.24) is 4.90 Å². The Balaban J connectivity index is 1.84. The van der Waals surface area contributed by atoms with E-state index >= 15 is 0 Å². The van der Waals surface area contributed by atoms with E-state index in [2.05, 4.69) is 0 Å². The molecule has 178 valence electrons. The van der Waals surface area contributed by atoms with Gasteiger partial charge in [0.2, 0.25) is 0 Å². The number of anilines is 1. The Bertz CT molecular complexity index is 1170. The molecular formula is C25H26N2O7. The van der Waals surface area contributed by atoms with Crippen LogP contribution in [0.2, 0.25) is 0 Å². The lowest BCUT2D eigenvalue weighted by molar-refractivity contribution is -0.140. The molecule has 34 heavy (non-hydrogen) atoms. The van der Waals surface area contributed by atoms with E-state index < -0.39 is 23.7 Å². The number of carbonyl (C=O) groups is 3. The van der Waals surface area contributed by atoms with Crippen LogP contribution in [0.5, 0.6) is 11.5 Å². The first-order valence-electron chi connectivity index (χ1n) is 10.9. The lowest BCUT2D eigenvalue weighted by Gasteiger charge is -2.28. The molecule has 9 heteroatoms. The molecule has 2 heterocycles.